The summed E-state index contributed by atoms with van der Waals surface area (Å²) in [6.45, 7) is 3.34. The lowest BCUT2D eigenvalue weighted by atomic mass is 9.92. The summed E-state index contributed by atoms with van der Waals surface area (Å²) in [5.41, 5.74) is 1.55. The molecule has 1 aromatic carbocycles. The van der Waals surface area contributed by atoms with Gasteiger partial charge in [0.05, 0.1) is 0 Å². The van der Waals surface area contributed by atoms with Crippen LogP contribution in [-0.2, 0) is 6.42 Å². The van der Waals surface area contributed by atoms with Crippen LogP contribution in [0.15, 0.2) is 29.6 Å². The van der Waals surface area contributed by atoms with E-state index in [1.54, 1.807) is 5.56 Å². The molecule has 1 aliphatic rings. The van der Waals surface area contributed by atoms with Crippen molar-refractivity contribution in [2.45, 2.75) is 51.5 Å². The molecule has 108 valence electrons. The normalized spacial score (nSPS) is 17.9. The molecule has 1 heterocycles. The summed E-state index contributed by atoms with van der Waals surface area (Å²) in [6.07, 6.45) is 8.25. The predicted molar refractivity (Wildman–Crippen MR) is 89.6 cm³/mol. The van der Waals surface area contributed by atoms with Gasteiger partial charge >= 0.3 is 0 Å². The van der Waals surface area contributed by atoms with E-state index in [4.69, 9.17) is 0 Å². The van der Waals surface area contributed by atoms with E-state index in [-0.39, 0.29) is 0 Å². The van der Waals surface area contributed by atoms with Crippen molar-refractivity contribution >= 4 is 21.4 Å². The van der Waals surface area contributed by atoms with Gasteiger partial charge in [0.2, 0.25) is 0 Å². The van der Waals surface area contributed by atoms with E-state index in [9.17, 15) is 0 Å². The number of hydrogen-bond acceptors (Lipinski definition) is 2. The quantitative estimate of drug-likeness (QED) is 0.788. The van der Waals surface area contributed by atoms with Crippen molar-refractivity contribution in [2.24, 2.45) is 5.92 Å². The number of thiophene rings is 1. The Morgan fingerprint density at radius 1 is 1.25 bits per heavy atom. The smallest absolute Gasteiger partial charge is 0.0345 e. The van der Waals surface area contributed by atoms with Crippen LogP contribution < -0.4 is 5.32 Å². The zero-order valence-corrected chi connectivity index (χ0v) is 13.2. The summed E-state index contributed by atoms with van der Waals surface area (Å²) in [4.78, 5) is 0. The molecule has 2 heteroatoms. The van der Waals surface area contributed by atoms with Crippen LogP contribution in [-0.4, -0.2) is 12.6 Å². The molecule has 1 nitrogen and oxygen atoms in total. The Balaban J connectivity index is 1.67. The number of benzene rings is 1. The van der Waals surface area contributed by atoms with Crippen LogP contribution in [0.5, 0.6) is 0 Å². The molecule has 1 aromatic heterocycles. The van der Waals surface area contributed by atoms with Crippen LogP contribution >= 0.6 is 11.3 Å². The highest BCUT2D eigenvalue weighted by atomic mass is 32.1. The van der Waals surface area contributed by atoms with Crippen molar-refractivity contribution in [3.63, 3.8) is 0 Å². The van der Waals surface area contributed by atoms with Crippen molar-refractivity contribution in [3.05, 3.63) is 35.2 Å². The maximum atomic E-state index is 3.74. The lowest BCUT2D eigenvalue weighted by Gasteiger charge is -2.24. The second kappa shape index (κ2) is 6.73. The first kappa shape index (κ1) is 14.1. The molecule has 1 atom stereocenters. The van der Waals surface area contributed by atoms with Gasteiger partial charge < -0.3 is 5.32 Å². The van der Waals surface area contributed by atoms with Gasteiger partial charge in [0.1, 0.15) is 0 Å². The van der Waals surface area contributed by atoms with Gasteiger partial charge in [-0.2, -0.15) is 0 Å². The van der Waals surface area contributed by atoms with Crippen molar-refractivity contribution < 1.29 is 0 Å². The molecule has 20 heavy (non-hydrogen) atoms. The first-order valence-electron chi connectivity index (χ1n) is 8.07. The molecule has 0 bridgehead atoms. The molecule has 1 unspecified atom stereocenters. The molecule has 0 saturated heterocycles. The third-order valence-electron chi connectivity index (χ3n) is 4.72. The number of nitrogens with one attached hydrogen (secondary N) is 1. The van der Waals surface area contributed by atoms with Gasteiger partial charge in [-0.15, -0.1) is 11.3 Å². The molecule has 0 radical (unpaired) electrons. The lowest BCUT2D eigenvalue weighted by Crippen LogP contribution is -2.35. The van der Waals surface area contributed by atoms with E-state index in [0.29, 0.717) is 0 Å². The Hall–Kier alpha value is -0.860. The SMILES string of the molecule is CCNC(CCc1csc2ccccc12)C1CCCC1. The standard InChI is InChI=1S/C18H25NS/c1-2-19-17(14-7-3-4-8-14)12-11-15-13-20-18-10-6-5-9-16(15)18/h5-6,9-10,13-14,17,19H,2-4,7-8,11-12H2,1H3. The summed E-state index contributed by atoms with van der Waals surface area (Å²) < 4.78 is 1.43. The Morgan fingerprint density at radius 3 is 2.85 bits per heavy atom. The van der Waals surface area contributed by atoms with Crippen molar-refractivity contribution in [1.29, 1.82) is 0 Å². The summed E-state index contributed by atoms with van der Waals surface area (Å²) in [5.74, 6) is 0.917. The number of aryl methyl sites for hydroxylation is 1. The molecule has 1 fully saturated rings. The minimum Gasteiger partial charge on any atom is -0.314 e. The maximum absolute atomic E-state index is 3.74. The Morgan fingerprint density at radius 2 is 2.05 bits per heavy atom. The highest BCUT2D eigenvalue weighted by Gasteiger charge is 2.24. The van der Waals surface area contributed by atoms with Gasteiger partial charge in [-0.05, 0) is 60.5 Å². The molecule has 3 rings (SSSR count). The fraction of sp³-hybridized carbons (Fsp3) is 0.556. The maximum Gasteiger partial charge on any atom is 0.0345 e. The number of hydrogen-bond donors (Lipinski definition) is 1. The van der Waals surface area contributed by atoms with E-state index in [2.05, 4.69) is 41.9 Å². The topological polar surface area (TPSA) is 12.0 Å². The number of fused-ring (bicyclic) bond motifs is 1. The molecule has 0 amide bonds. The molecule has 2 aromatic rings. The van der Waals surface area contributed by atoms with E-state index in [1.165, 1.54) is 48.6 Å². The largest absolute Gasteiger partial charge is 0.314 e. The van der Waals surface area contributed by atoms with E-state index in [0.717, 1.165) is 18.5 Å². The van der Waals surface area contributed by atoms with Crippen LogP contribution in [0.1, 0.15) is 44.6 Å². The molecule has 0 aliphatic heterocycles. The van der Waals surface area contributed by atoms with Gasteiger partial charge in [0, 0.05) is 10.7 Å². The van der Waals surface area contributed by atoms with Crippen LogP contribution in [0.3, 0.4) is 0 Å². The van der Waals surface area contributed by atoms with Gasteiger partial charge in [-0.3, -0.25) is 0 Å². The minimum atomic E-state index is 0.723. The fourth-order valence-electron chi connectivity index (χ4n) is 3.66. The summed E-state index contributed by atoms with van der Waals surface area (Å²) in [5, 5.41) is 7.57. The Bertz CT molecular complexity index is 539. The van der Waals surface area contributed by atoms with Crippen LogP contribution in [0.25, 0.3) is 10.1 Å². The van der Waals surface area contributed by atoms with Crippen LogP contribution in [0.4, 0.5) is 0 Å². The van der Waals surface area contributed by atoms with Gasteiger partial charge in [-0.25, -0.2) is 0 Å². The lowest BCUT2D eigenvalue weighted by molar-refractivity contribution is 0.346. The highest BCUT2D eigenvalue weighted by Crippen LogP contribution is 2.31. The first-order valence-corrected chi connectivity index (χ1v) is 8.95. The molecule has 1 saturated carbocycles. The van der Waals surface area contributed by atoms with Gasteiger partial charge in [0.15, 0.2) is 0 Å². The summed E-state index contributed by atoms with van der Waals surface area (Å²) in [6, 6.07) is 9.54. The molecule has 1 N–H and O–H groups in total. The zero-order chi connectivity index (χ0) is 13.8. The third kappa shape index (κ3) is 3.07. The summed E-state index contributed by atoms with van der Waals surface area (Å²) in [7, 11) is 0. The summed E-state index contributed by atoms with van der Waals surface area (Å²) >= 11 is 1.89. The van der Waals surface area contributed by atoms with E-state index < -0.39 is 0 Å². The van der Waals surface area contributed by atoms with Gasteiger partial charge in [0.25, 0.3) is 0 Å². The monoisotopic (exact) mass is 287 g/mol. The third-order valence-corrected chi connectivity index (χ3v) is 5.73. The number of rotatable bonds is 6. The highest BCUT2D eigenvalue weighted by molar-refractivity contribution is 7.17. The van der Waals surface area contributed by atoms with Crippen LogP contribution in [0.2, 0.25) is 0 Å². The zero-order valence-electron chi connectivity index (χ0n) is 12.4. The average molecular weight is 287 g/mol. The van der Waals surface area contributed by atoms with Crippen molar-refractivity contribution in [2.75, 3.05) is 6.54 Å². The Labute approximate surface area is 126 Å². The predicted octanol–water partition coefficient (Wildman–Crippen LogP) is 5.00. The second-order valence-corrected chi connectivity index (χ2v) is 6.92. The van der Waals surface area contributed by atoms with Crippen molar-refractivity contribution in [1.82, 2.24) is 5.32 Å². The van der Waals surface area contributed by atoms with Crippen LogP contribution in [0, 0.1) is 5.92 Å². The first-order chi connectivity index (χ1) is 9.88. The minimum absolute atomic E-state index is 0.723. The van der Waals surface area contributed by atoms with Gasteiger partial charge in [-0.1, -0.05) is 38.0 Å². The fourth-order valence-corrected chi connectivity index (χ4v) is 4.66. The molecular weight excluding hydrogens is 262 g/mol. The molecule has 1 aliphatic carbocycles. The van der Waals surface area contributed by atoms with E-state index >= 15 is 0 Å². The Kier molecular flexibility index (Phi) is 4.74. The van der Waals surface area contributed by atoms with E-state index in [1.807, 2.05) is 11.3 Å². The second-order valence-electron chi connectivity index (χ2n) is 6.00. The average Bonchev–Trinajstić information content (AvgIpc) is 3.13. The molecule has 0 spiro atoms. The van der Waals surface area contributed by atoms with Crippen molar-refractivity contribution in [3.8, 4) is 0 Å². The molecular formula is C18H25NS.